The highest BCUT2D eigenvalue weighted by Crippen LogP contribution is 2.38. The molecule has 7 rings (SSSR count). The number of anilines is 2. The quantitative estimate of drug-likeness (QED) is 0.252. The molecule has 9 heteroatoms. The zero-order chi connectivity index (χ0) is 27.1. The fourth-order valence-corrected chi connectivity index (χ4v) is 5.97. The Labute approximate surface area is 235 Å². The summed E-state index contributed by atoms with van der Waals surface area (Å²) in [5.74, 6) is 1.94. The summed E-state index contributed by atoms with van der Waals surface area (Å²) < 4.78 is 8.25. The van der Waals surface area contributed by atoms with Gasteiger partial charge in [0.25, 0.3) is 0 Å². The second kappa shape index (κ2) is 9.98. The molecule has 0 amide bonds. The maximum absolute atomic E-state index is 9.74. The van der Waals surface area contributed by atoms with Crippen molar-refractivity contribution in [1.29, 1.82) is 5.26 Å². The molecule has 1 aliphatic rings. The number of hydrogen-bond acceptors (Lipinski definition) is 8. The molecule has 196 valence electrons. The fourth-order valence-electron chi connectivity index (χ4n) is 5.32. The van der Waals surface area contributed by atoms with Crippen LogP contribution in [0.4, 0.5) is 11.7 Å². The molecule has 1 fully saturated rings. The number of benzene rings is 2. The summed E-state index contributed by atoms with van der Waals surface area (Å²) in [6.07, 6.45) is 3.83. The number of nitriles is 1. The van der Waals surface area contributed by atoms with Crippen LogP contribution < -0.4 is 9.80 Å². The molecule has 0 atom stereocenters. The lowest BCUT2D eigenvalue weighted by molar-refractivity contribution is 0.531. The summed E-state index contributed by atoms with van der Waals surface area (Å²) >= 11 is 1.55. The van der Waals surface area contributed by atoms with Gasteiger partial charge in [-0.2, -0.15) is 10.2 Å². The summed E-state index contributed by atoms with van der Waals surface area (Å²) in [5.41, 5.74) is 5.67. The molecule has 0 unspecified atom stereocenters. The number of hydrogen-bond donors (Lipinski definition) is 0. The lowest BCUT2D eigenvalue weighted by atomic mass is 10.1. The molecular formula is C31H25N7OS. The van der Waals surface area contributed by atoms with E-state index in [0.29, 0.717) is 30.6 Å². The first-order chi connectivity index (χ1) is 19.7. The van der Waals surface area contributed by atoms with Gasteiger partial charge in [0.2, 0.25) is 17.5 Å². The summed E-state index contributed by atoms with van der Waals surface area (Å²) in [4.78, 5) is 19.3. The van der Waals surface area contributed by atoms with Crippen LogP contribution in [0, 0.1) is 18.3 Å². The maximum Gasteiger partial charge on any atom is 0.240 e. The van der Waals surface area contributed by atoms with Crippen molar-refractivity contribution < 1.29 is 4.42 Å². The van der Waals surface area contributed by atoms with Crippen molar-refractivity contribution in [3.63, 3.8) is 0 Å². The molecule has 0 spiro atoms. The molecule has 0 aliphatic carbocycles. The Balaban J connectivity index is 1.25. The largest absolute Gasteiger partial charge is 0.418 e. The van der Waals surface area contributed by atoms with E-state index in [1.807, 2.05) is 23.6 Å². The number of fused-ring (bicyclic) bond motifs is 1. The number of rotatable bonds is 5. The maximum atomic E-state index is 9.74. The van der Waals surface area contributed by atoms with Crippen LogP contribution in [-0.4, -0.2) is 45.7 Å². The van der Waals surface area contributed by atoms with Crippen LogP contribution in [-0.2, 0) is 0 Å². The van der Waals surface area contributed by atoms with Gasteiger partial charge < -0.3 is 18.8 Å². The Morgan fingerprint density at radius 2 is 1.75 bits per heavy atom. The SMILES string of the molecule is Cc1cccc(-n2cc(-c3ccccc3)c3c(N4CCN(c5oc(-c6cccs6)nc5C#N)CC4)ncnc32)c1. The Morgan fingerprint density at radius 3 is 2.50 bits per heavy atom. The molecule has 1 aliphatic heterocycles. The molecule has 2 aromatic carbocycles. The molecule has 4 aromatic heterocycles. The Morgan fingerprint density at radius 1 is 0.925 bits per heavy atom. The van der Waals surface area contributed by atoms with Crippen molar-refractivity contribution in [2.75, 3.05) is 36.0 Å². The van der Waals surface area contributed by atoms with Crippen LogP contribution in [0.3, 0.4) is 0 Å². The van der Waals surface area contributed by atoms with Gasteiger partial charge in [0, 0.05) is 43.6 Å². The average Bonchev–Trinajstić information content (AvgIpc) is 3.76. The van der Waals surface area contributed by atoms with E-state index in [1.165, 1.54) is 5.56 Å². The molecular weight excluding hydrogens is 518 g/mol. The van der Waals surface area contributed by atoms with Gasteiger partial charge in [-0.1, -0.05) is 48.5 Å². The van der Waals surface area contributed by atoms with E-state index in [0.717, 1.165) is 51.6 Å². The summed E-state index contributed by atoms with van der Waals surface area (Å²) in [6, 6.07) is 25.0. The standard InChI is InChI=1S/C31H25N7OS/c1-21-7-5-10-23(17-21)38-19-24(22-8-3-2-4-9-22)27-28(33-20-34-29(27)38)36-12-14-37(15-13-36)31-25(18-32)35-30(39-31)26-11-6-16-40-26/h2-11,16-17,19-20H,12-15H2,1H3. The van der Waals surface area contributed by atoms with E-state index >= 15 is 0 Å². The Bertz CT molecular complexity index is 1840. The number of aromatic nitrogens is 4. The number of thiophene rings is 1. The van der Waals surface area contributed by atoms with Crippen molar-refractivity contribution in [3.05, 3.63) is 95.9 Å². The van der Waals surface area contributed by atoms with Gasteiger partial charge in [-0.3, -0.25) is 0 Å². The second-order valence-corrected chi connectivity index (χ2v) is 10.7. The Hall–Kier alpha value is -4.94. The van der Waals surface area contributed by atoms with Gasteiger partial charge in [-0.05, 0) is 41.6 Å². The van der Waals surface area contributed by atoms with E-state index in [2.05, 4.69) is 87.1 Å². The second-order valence-electron chi connectivity index (χ2n) is 9.75. The zero-order valence-corrected chi connectivity index (χ0v) is 22.7. The first-order valence-corrected chi connectivity index (χ1v) is 14.0. The van der Waals surface area contributed by atoms with Crippen LogP contribution in [0.1, 0.15) is 11.3 Å². The number of piperazine rings is 1. The average molecular weight is 544 g/mol. The van der Waals surface area contributed by atoms with Gasteiger partial charge in [0.05, 0.1) is 10.3 Å². The smallest absolute Gasteiger partial charge is 0.240 e. The van der Waals surface area contributed by atoms with Gasteiger partial charge in [0.1, 0.15) is 18.2 Å². The summed E-state index contributed by atoms with van der Waals surface area (Å²) in [7, 11) is 0. The van der Waals surface area contributed by atoms with Crippen LogP contribution in [0.25, 0.3) is 38.6 Å². The Kier molecular flexibility index (Phi) is 6.02. The monoisotopic (exact) mass is 543 g/mol. The zero-order valence-electron chi connectivity index (χ0n) is 21.9. The van der Waals surface area contributed by atoms with E-state index < -0.39 is 0 Å². The minimum Gasteiger partial charge on any atom is -0.418 e. The number of nitrogens with zero attached hydrogens (tertiary/aromatic N) is 7. The third-order valence-corrected chi connectivity index (χ3v) is 8.10. The van der Waals surface area contributed by atoms with E-state index in [-0.39, 0.29) is 0 Å². The van der Waals surface area contributed by atoms with Crippen molar-refractivity contribution in [2.24, 2.45) is 0 Å². The molecule has 8 nitrogen and oxygen atoms in total. The lowest BCUT2D eigenvalue weighted by Crippen LogP contribution is -2.47. The molecule has 1 saturated heterocycles. The van der Waals surface area contributed by atoms with Gasteiger partial charge in [-0.25, -0.2) is 9.97 Å². The first-order valence-electron chi connectivity index (χ1n) is 13.1. The van der Waals surface area contributed by atoms with Crippen LogP contribution in [0.2, 0.25) is 0 Å². The molecule has 40 heavy (non-hydrogen) atoms. The molecule has 0 N–H and O–H groups in total. The summed E-state index contributed by atoms with van der Waals surface area (Å²) in [5, 5.41) is 12.7. The molecule has 6 aromatic rings. The van der Waals surface area contributed by atoms with Crippen molar-refractivity contribution in [1.82, 2.24) is 19.5 Å². The number of oxazole rings is 1. The van der Waals surface area contributed by atoms with Crippen molar-refractivity contribution in [2.45, 2.75) is 6.92 Å². The van der Waals surface area contributed by atoms with Crippen LogP contribution in [0.5, 0.6) is 0 Å². The van der Waals surface area contributed by atoms with Crippen LogP contribution in [0.15, 0.2) is 89.1 Å². The highest BCUT2D eigenvalue weighted by molar-refractivity contribution is 7.13. The van der Waals surface area contributed by atoms with Gasteiger partial charge in [-0.15, -0.1) is 11.3 Å². The van der Waals surface area contributed by atoms with Crippen molar-refractivity contribution >= 4 is 34.1 Å². The van der Waals surface area contributed by atoms with E-state index in [9.17, 15) is 5.26 Å². The fraction of sp³-hybridized carbons (Fsp3) is 0.161. The highest BCUT2D eigenvalue weighted by Gasteiger charge is 2.28. The molecule has 5 heterocycles. The normalized spacial score (nSPS) is 13.6. The summed E-state index contributed by atoms with van der Waals surface area (Å²) in [6.45, 7) is 4.89. The molecule has 0 bridgehead atoms. The van der Waals surface area contributed by atoms with Gasteiger partial charge >= 0.3 is 0 Å². The molecule has 0 saturated carbocycles. The van der Waals surface area contributed by atoms with Crippen LogP contribution >= 0.6 is 11.3 Å². The lowest BCUT2D eigenvalue weighted by Gasteiger charge is -2.35. The third-order valence-electron chi connectivity index (χ3n) is 7.24. The van der Waals surface area contributed by atoms with E-state index in [1.54, 1.807) is 17.7 Å². The first kappa shape index (κ1) is 24.1. The molecule has 0 radical (unpaired) electrons. The minimum atomic E-state index is 0.322. The number of aryl methyl sites for hydroxylation is 1. The topological polar surface area (TPSA) is 87.0 Å². The van der Waals surface area contributed by atoms with Crippen molar-refractivity contribution in [3.8, 4) is 33.7 Å². The van der Waals surface area contributed by atoms with Gasteiger partial charge in [0.15, 0.2) is 5.65 Å². The highest BCUT2D eigenvalue weighted by atomic mass is 32.1. The third kappa shape index (κ3) is 4.19. The predicted octanol–water partition coefficient (Wildman–Crippen LogP) is 6.31. The predicted molar refractivity (Wildman–Crippen MR) is 158 cm³/mol. The van der Waals surface area contributed by atoms with E-state index in [4.69, 9.17) is 14.4 Å². The minimum absolute atomic E-state index is 0.322.